The van der Waals surface area contributed by atoms with Crippen LogP contribution in [0.4, 0.5) is 0 Å². The fraction of sp³-hybridized carbons (Fsp3) is 0.976. The summed E-state index contributed by atoms with van der Waals surface area (Å²) in [4.78, 5) is 16.6. The van der Waals surface area contributed by atoms with Crippen molar-refractivity contribution < 1.29 is 58.0 Å². The molecule has 2 bridgehead atoms. The summed E-state index contributed by atoms with van der Waals surface area (Å²) in [7, 11) is 5.09. The van der Waals surface area contributed by atoms with Crippen molar-refractivity contribution in [3.63, 3.8) is 0 Å². The normalized spacial score (nSPS) is 49.7. The number of fused-ring (bicyclic) bond motifs is 2. The summed E-state index contributed by atoms with van der Waals surface area (Å²) in [5.41, 5.74) is -3.18. The summed E-state index contributed by atoms with van der Waals surface area (Å²) in [5.74, 6) is -2.36. The molecule has 13 heteroatoms. The van der Waals surface area contributed by atoms with Gasteiger partial charge in [0.05, 0.1) is 53.7 Å². The first-order valence-electron chi connectivity index (χ1n) is 20.4. The van der Waals surface area contributed by atoms with Crippen LogP contribution in [0.2, 0.25) is 0 Å². The van der Waals surface area contributed by atoms with Gasteiger partial charge in [-0.2, -0.15) is 0 Å². The van der Waals surface area contributed by atoms with Gasteiger partial charge in [0.2, 0.25) is 0 Å². The van der Waals surface area contributed by atoms with E-state index in [-0.39, 0.29) is 30.5 Å². The summed E-state index contributed by atoms with van der Waals surface area (Å²) >= 11 is 0. The second-order valence-corrected chi connectivity index (χ2v) is 18.1. The molecule has 0 aliphatic carbocycles. The molecule has 4 fully saturated rings. The molecule has 0 aromatic heterocycles. The second kappa shape index (κ2) is 17.9. The Bertz CT molecular complexity index is 1230. The number of carbonyl (C=O) groups excluding carboxylic acids is 1. The average molecular weight is 774 g/mol. The number of nitrogens with zero attached hydrogens (tertiary/aromatic N) is 1. The Morgan fingerprint density at radius 1 is 0.907 bits per heavy atom. The standard InChI is InChI=1S/C41H75NO12/c1-16-17-29-41(12,48-15)34(44)24(6)32-22(4)19-40(11,54-32)36(53-38-31(43)28(18-23(5)49-38)42(13)21(2)3)25(7)33(26(8)37(46)51-29)52-30-20-39(10,47-14)35(45)27(9)50-30/h21-36,38,43-45H,16-20H2,1-15H3/t22?,23-,24+,25+,26-,27+,28+,29+,30?,31-,32?,33+,34-,35+,36-,38+,39-,40-,41-/m1/s1. The number of likely N-dealkylation sites (N-methyl/N-ethyl adjacent to an activating group) is 1. The fourth-order valence-electron chi connectivity index (χ4n) is 9.83. The molecule has 4 aliphatic rings. The van der Waals surface area contributed by atoms with Crippen molar-refractivity contribution in [2.24, 2.45) is 23.7 Å². The summed E-state index contributed by atoms with van der Waals surface area (Å²) < 4.78 is 51.9. The summed E-state index contributed by atoms with van der Waals surface area (Å²) in [6.07, 6.45) is -5.87. The number of ether oxygens (including phenoxy) is 8. The van der Waals surface area contributed by atoms with Crippen LogP contribution in [0.25, 0.3) is 0 Å². The number of aliphatic hydroxyl groups excluding tert-OH is 3. The Hall–Kier alpha value is -0.970. The first-order valence-corrected chi connectivity index (χ1v) is 20.4. The molecule has 4 saturated heterocycles. The topological polar surface area (TPSA) is 155 Å². The molecule has 3 N–H and O–H groups in total. The highest BCUT2D eigenvalue weighted by atomic mass is 16.7. The van der Waals surface area contributed by atoms with E-state index in [4.69, 9.17) is 37.9 Å². The molecular formula is C41H75NO12. The molecule has 3 unspecified atom stereocenters. The maximum Gasteiger partial charge on any atom is 0.311 e. The van der Waals surface area contributed by atoms with Crippen LogP contribution in [0.3, 0.4) is 0 Å². The molecule has 4 heterocycles. The van der Waals surface area contributed by atoms with Gasteiger partial charge >= 0.3 is 5.97 Å². The Kier molecular flexibility index (Phi) is 15.1. The van der Waals surface area contributed by atoms with Crippen LogP contribution in [0.1, 0.15) is 115 Å². The fourth-order valence-corrected chi connectivity index (χ4v) is 9.83. The number of hydrogen-bond acceptors (Lipinski definition) is 13. The van der Waals surface area contributed by atoms with Crippen LogP contribution in [-0.4, -0.2) is 144 Å². The van der Waals surface area contributed by atoms with Gasteiger partial charge in [-0.05, 0) is 87.6 Å². The smallest absolute Gasteiger partial charge is 0.311 e. The van der Waals surface area contributed by atoms with Gasteiger partial charge in [0.15, 0.2) is 12.6 Å². The number of cyclic esters (lactones) is 1. The van der Waals surface area contributed by atoms with Gasteiger partial charge in [-0.25, -0.2) is 0 Å². The Balaban J connectivity index is 1.86. The average Bonchev–Trinajstić information content (AvgIpc) is 3.44. The highest BCUT2D eigenvalue weighted by Crippen LogP contribution is 2.48. The lowest BCUT2D eigenvalue weighted by Gasteiger charge is -2.49. The van der Waals surface area contributed by atoms with Crippen molar-refractivity contribution in [3.8, 4) is 0 Å². The SMILES string of the molecule is CCC[C@@H]1OC(=O)[C@H](C)[C@@H](OC2C[C@@](C)(OC)[C@@H](O)[C@H](C)O2)[C@H](C)[C@@H](O[C@@H]2O[C@H](C)C[C@H](N(C)C(C)C)[C@H]2O)[C@@]2(C)CC(C)C(O2)[C@H](C)[C@@H](O)[C@]1(C)OC. The van der Waals surface area contributed by atoms with Crippen molar-refractivity contribution in [1.82, 2.24) is 4.90 Å². The van der Waals surface area contributed by atoms with Crippen LogP contribution in [-0.2, 0) is 42.7 Å². The quantitative estimate of drug-likeness (QED) is 0.268. The molecule has 0 spiro atoms. The van der Waals surface area contributed by atoms with Gasteiger partial charge in [-0.3, -0.25) is 9.69 Å². The molecule has 0 aromatic carbocycles. The third kappa shape index (κ3) is 9.02. The van der Waals surface area contributed by atoms with Gasteiger partial charge in [-0.15, -0.1) is 0 Å². The summed E-state index contributed by atoms with van der Waals surface area (Å²) in [6, 6.07) is -0.0421. The van der Waals surface area contributed by atoms with Gasteiger partial charge in [0.25, 0.3) is 0 Å². The molecule has 0 aromatic rings. The predicted octanol–water partition coefficient (Wildman–Crippen LogP) is 4.45. The maximum absolute atomic E-state index is 14.5. The molecule has 54 heavy (non-hydrogen) atoms. The van der Waals surface area contributed by atoms with E-state index in [9.17, 15) is 20.1 Å². The van der Waals surface area contributed by atoms with Crippen LogP contribution < -0.4 is 0 Å². The Morgan fingerprint density at radius 3 is 2.13 bits per heavy atom. The van der Waals surface area contributed by atoms with Gasteiger partial charge in [0.1, 0.15) is 23.9 Å². The van der Waals surface area contributed by atoms with Crippen molar-refractivity contribution in [2.45, 2.75) is 212 Å². The molecule has 4 rings (SSSR count). The Morgan fingerprint density at radius 2 is 1.56 bits per heavy atom. The first kappa shape index (κ1) is 45.7. The van der Waals surface area contributed by atoms with Gasteiger partial charge in [0, 0.05) is 44.6 Å². The molecule has 19 atom stereocenters. The number of carbonyl (C=O) groups is 1. The van der Waals surface area contributed by atoms with E-state index in [0.29, 0.717) is 25.7 Å². The zero-order chi connectivity index (χ0) is 40.7. The monoisotopic (exact) mass is 774 g/mol. The molecule has 0 radical (unpaired) electrons. The van der Waals surface area contributed by atoms with Crippen molar-refractivity contribution in [2.75, 3.05) is 21.3 Å². The lowest BCUT2D eigenvalue weighted by molar-refractivity contribution is -0.319. The summed E-state index contributed by atoms with van der Waals surface area (Å²) in [5, 5.41) is 35.0. The number of aliphatic hydroxyl groups is 3. The van der Waals surface area contributed by atoms with E-state index in [1.54, 1.807) is 27.9 Å². The Labute approximate surface area is 325 Å². The minimum Gasteiger partial charge on any atom is -0.459 e. The predicted molar refractivity (Wildman–Crippen MR) is 203 cm³/mol. The van der Waals surface area contributed by atoms with Crippen LogP contribution >= 0.6 is 0 Å². The largest absolute Gasteiger partial charge is 0.459 e. The number of methoxy groups -OCH3 is 2. The van der Waals surface area contributed by atoms with Gasteiger partial charge < -0.3 is 53.2 Å². The molecule has 0 amide bonds. The third-order valence-corrected chi connectivity index (χ3v) is 13.7. The molecular weight excluding hydrogens is 698 g/mol. The number of rotatable bonds is 10. The van der Waals surface area contributed by atoms with Crippen molar-refractivity contribution >= 4 is 5.97 Å². The molecule has 13 nitrogen and oxygen atoms in total. The number of esters is 1. The highest BCUT2D eigenvalue weighted by molar-refractivity contribution is 5.73. The number of hydrogen-bond donors (Lipinski definition) is 3. The molecule has 4 aliphatic heterocycles. The zero-order valence-corrected chi connectivity index (χ0v) is 35.8. The lowest BCUT2D eigenvalue weighted by Crippen LogP contribution is -2.61. The van der Waals surface area contributed by atoms with E-state index < -0.39 is 102 Å². The van der Waals surface area contributed by atoms with Crippen LogP contribution in [0.5, 0.6) is 0 Å². The maximum atomic E-state index is 14.5. The van der Waals surface area contributed by atoms with E-state index >= 15 is 0 Å². The van der Waals surface area contributed by atoms with E-state index in [1.165, 1.54) is 7.11 Å². The highest BCUT2D eigenvalue weighted by Gasteiger charge is 2.58. The van der Waals surface area contributed by atoms with Crippen molar-refractivity contribution in [1.29, 1.82) is 0 Å². The van der Waals surface area contributed by atoms with Crippen LogP contribution in [0, 0.1) is 23.7 Å². The second-order valence-electron chi connectivity index (χ2n) is 18.1. The minimum atomic E-state index is -1.25. The van der Waals surface area contributed by atoms with Crippen LogP contribution in [0.15, 0.2) is 0 Å². The van der Waals surface area contributed by atoms with E-state index in [0.717, 1.165) is 0 Å². The summed E-state index contributed by atoms with van der Waals surface area (Å²) in [6.45, 7) is 23.4. The van der Waals surface area contributed by atoms with E-state index in [2.05, 4.69) is 25.7 Å². The van der Waals surface area contributed by atoms with Gasteiger partial charge in [-0.1, -0.05) is 34.1 Å². The van der Waals surface area contributed by atoms with E-state index in [1.807, 2.05) is 48.6 Å². The molecule has 0 saturated carbocycles. The molecule has 316 valence electrons. The first-order chi connectivity index (χ1) is 25.1. The zero-order valence-electron chi connectivity index (χ0n) is 35.8. The minimum absolute atomic E-state index is 0.00617. The third-order valence-electron chi connectivity index (χ3n) is 13.7. The lowest BCUT2D eigenvalue weighted by atomic mass is 9.76. The van der Waals surface area contributed by atoms with Crippen molar-refractivity contribution in [3.05, 3.63) is 0 Å².